The summed E-state index contributed by atoms with van der Waals surface area (Å²) in [6.07, 6.45) is 0. The lowest BCUT2D eigenvalue weighted by Gasteiger charge is -2.10. The van der Waals surface area contributed by atoms with Gasteiger partial charge in [-0.1, -0.05) is 23.4 Å². The van der Waals surface area contributed by atoms with Crippen molar-refractivity contribution in [3.05, 3.63) is 75.2 Å². The molecule has 0 fully saturated rings. The number of esters is 1. The second kappa shape index (κ2) is 8.37. The number of ether oxygens (including phenoxy) is 2. The van der Waals surface area contributed by atoms with Gasteiger partial charge in [-0.15, -0.1) is 22.7 Å². The molecule has 3 heterocycles. The number of hydrogen-bond donors (Lipinski definition) is 0. The Balaban J connectivity index is 1.39. The van der Waals surface area contributed by atoms with Gasteiger partial charge in [0.15, 0.2) is 5.76 Å². The number of carbonyl (C=O) groups excluding carboxylic acids is 1. The van der Waals surface area contributed by atoms with E-state index in [1.165, 1.54) is 0 Å². The molecule has 142 valence electrons. The van der Waals surface area contributed by atoms with Crippen LogP contribution in [0, 0.1) is 6.92 Å². The highest BCUT2D eigenvalue weighted by molar-refractivity contribution is 7.13. The summed E-state index contributed by atoms with van der Waals surface area (Å²) in [6.45, 7) is 2.25. The Bertz CT molecular complexity index is 1070. The SMILES string of the molecule is Cc1nc(COc2ccccc2C(=O)OCc2cc(-c3cccs3)on2)cs1. The third-order valence-electron chi connectivity index (χ3n) is 3.82. The normalized spacial score (nSPS) is 10.8. The van der Waals surface area contributed by atoms with Gasteiger partial charge in [0.2, 0.25) is 0 Å². The van der Waals surface area contributed by atoms with Crippen LogP contribution in [-0.4, -0.2) is 16.1 Å². The van der Waals surface area contributed by atoms with Gasteiger partial charge in [-0.05, 0) is 30.5 Å². The van der Waals surface area contributed by atoms with E-state index in [0.717, 1.165) is 15.6 Å². The van der Waals surface area contributed by atoms with Crippen molar-refractivity contribution in [1.82, 2.24) is 10.1 Å². The number of para-hydroxylation sites is 1. The van der Waals surface area contributed by atoms with Gasteiger partial charge in [0.25, 0.3) is 0 Å². The van der Waals surface area contributed by atoms with Crippen LogP contribution in [0.15, 0.2) is 57.7 Å². The molecule has 1 aromatic carbocycles. The van der Waals surface area contributed by atoms with Crippen LogP contribution >= 0.6 is 22.7 Å². The maximum absolute atomic E-state index is 12.5. The van der Waals surface area contributed by atoms with Crippen LogP contribution in [0.1, 0.15) is 26.8 Å². The molecule has 8 heteroatoms. The first-order valence-corrected chi connectivity index (χ1v) is 10.2. The van der Waals surface area contributed by atoms with E-state index in [-0.39, 0.29) is 6.61 Å². The monoisotopic (exact) mass is 412 g/mol. The number of aryl methyl sites for hydroxylation is 1. The summed E-state index contributed by atoms with van der Waals surface area (Å²) in [6, 6.07) is 12.6. The Morgan fingerprint density at radius 3 is 2.79 bits per heavy atom. The first-order chi connectivity index (χ1) is 13.7. The van der Waals surface area contributed by atoms with E-state index < -0.39 is 5.97 Å². The molecule has 0 amide bonds. The number of thiophene rings is 1. The summed E-state index contributed by atoms with van der Waals surface area (Å²) in [5, 5.41) is 8.82. The first-order valence-electron chi connectivity index (χ1n) is 8.48. The minimum absolute atomic E-state index is 0.0212. The lowest BCUT2D eigenvalue weighted by molar-refractivity contribution is 0.0459. The van der Waals surface area contributed by atoms with Crippen molar-refractivity contribution in [3.63, 3.8) is 0 Å². The molecule has 28 heavy (non-hydrogen) atoms. The fraction of sp³-hybridized carbons (Fsp3) is 0.150. The predicted molar refractivity (Wildman–Crippen MR) is 107 cm³/mol. The molecule has 0 radical (unpaired) electrons. The number of hydrogen-bond acceptors (Lipinski definition) is 8. The second-order valence-electron chi connectivity index (χ2n) is 5.88. The van der Waals surface area contributed by atoms with Crippen molar-refractivity contribution >= 4 is 28.6 Å². The van der Waals surface area contributed by atoms with Crippen LogP contribution in [0.5, 0.6) is 5.75 Å². The molecular weight excluding hydrogens is 396 g/mol. The van der Waals surface area contributed by atoms with E-state index in [1.807, 2.05) is 35.9 Å². The van der Waals surface area contributed by atoms with E-state index >= 15 is 0 Å². The van der Waals surface area contributed by atoms with Gasteiger partial charge >= 0.3 is 5.97 Å². The third kappa shape index (κ3) is 4.29. The average Bonchev–Trinajstić information content (AvgIpc) is 3.46. The Morgan fingerprint density at radius 1 is 1.11 bits per heavy atom. The molecule has 6 nitrogen and oxygen atoms in total. The van der Waals surface area contributed by atoms with E-state index in [4.69, 9.17) is 14.0 Å². The fourth-order valence-corrected chi connectivity index (χ4v) is 3.79. The highest BCUT2D eigenvalue weighted by Gasteiger charge is 2.16. The highest BCUT2D eigenvalue weighted by atomic mass is 32.1. The first kappa shape index (κ1) is 18.4. The zero-order valence-electron chi connectivity index (χ0n) is 15.0. The maximum atomic E-state index is 12.5. The standard InChI is InChI=1S/C20H16N2O4S2/c1-13-21-15(12-28-13)11-24-17-6-3-2-5-16(17)20(23)25-10-14-9-18(26-22-14)19-7-4-8-27-19/h2-9,12H,10-11H2,1H3. The molecule has 0 bridgehead atoms. The van der Waals surface area contributed by atoms with E-state index in [9.17, 15) is 4.79 Å². The lowest BCUT2D eigenvalue weighted by Crippen LogP contribution is -2.08. The van der Waals surface area contributed by atoms with Gasteiger partial charge in [0.05, 0.1) is 15.6 Å². The van der Waals surface area contributed by atoms with Crippen LogP contribution in [0.25, 0.3) is 10.6 Å². The Kier molecular flexibility index (Phi) is 5.50. The third-order valence-corrected chi connectivity index (χ3v) is 5.53. The van der Waals surface area contributed by atoms with Crippen LogP contribution < -0.4 is 4.74 Å². The summed E-state index contributed by atoms with van der Waals surface area (Å²) >= 11 is 3.11. The molecule has 0 spiro atoms. The summed E-state index contributed by atoms with van der Waals surface area (Å²) < 4.78 is 16.5. The molecular formula is C20H16N2O4S2. The fourth-order valence-electron chi connectivity index (χ4n) is 2.52. The Morgan fingerprint density at radius 2 is 2.00 bits per heavy atom. The minimum atomic E-state index is -0.481. The summed E-state index contributed by atoms with van der Waals surface area (Å²) in [5.74, 6) is 0.631. The Labute approximate surface area is 169 Å². The molecule has 0 N–H and O–H groups in total. The van der Waals surface area contributed by atoms with E-state index in [2.05, 4.69) is 10.1 Å². The number of carbonyl (C=O) groups is 1. The quantitative estimate of drug-likeness (QED) is 0.393. The van der Waals surface area contributed by atoms with Crippen LogP contribution in [-0.2, 0) is 18.0 Å². The molecule has 0 aliphatic rings. The number of benzene rings is 1. The topological polar surface area (TPSA) is 74.5 Å². The molecule has 3 aromatic heterocycles. The summed E-state index contributed by atoms with van der Waals surface area (Å²) in [7, 11) is 0. The zero-order valence-corrected chi connectivity index (χ0v) is 16.6. The highest BCUT2D eigenvalue weighted by Crippen LogP contribution is 2.26. The summed E-state index contributed by atoms with van der Waals surface area (Å²) in [4.78, 5) is 17.9. The largest absolute Gasteiger partial charge is 0.486 e. The Hall–Kier alpha value is -2.97. The minimum Gasteiger partial charge on any atom is -0.486 e. The molecule has 4 rings (SSSR count). The van der Waals surface area contributed by atoms with Gasteiger partial charge in [-0.3, -0.25) is 0 Å². The molecule has 0 unspecified atom stereocenters. The van der Waals surface area contributed by atoms with Crippen molar-refractivity contribution < 1.29 is 18.8 Å². The molecule has 0 aliphatic heterocycles. The summed E-state index contributed by atoms with van der Waals surface area (Å²) in [5.41, 5.74) is 1.74. The van der Waals surface area contributed by atoms with Gasteiger partial charge < -0.3 is 14.0 Å². The van der Waals surface area contributed by atoms with Crippen LogP contribution in [0.4, 0.5) is 0 Å². The van der Waals surface area contributed by atoms with Crippen LogP contribution in [0.2, 0.25) is 0 Å². The average molecular weight is 412 g/mol. The maximum Gasteiger partial charge on any atom is 0.342 e. The number of rotatable bonds is 7. The molecule has 0 saturated carbocycles. The van der Waals surface area contributed by atoms with Crippen LogP contribution in [0.3, 0.4) is 0 Å². The molecule has 0 atom stereocenters. The smallest absolute Gasteiger partial charge is 0.342 e. The van der Waals surface area contributed by atoms with E-state index in [0.29, 0.717) is 29.4 Å². The zero-order chi connectivity index (χ0) is 19.3. The number of nitrogens with zero attached hydrogens (tertiary/aromatic N) is 2. The van der Waals surface area contributed by atoms with Crippen molar-refractivity contribution in [2.45, 2.75) is 20.1 Å². The van der Waals surface area contributed by atoms with E-state index in [1.54, 1.807) is 46.9 Å². The van der Waals surface area contributed by atoms with Crippen molar-refractivity contribution in [3.8, 4) is 16.4 Å². The van der Waals surface area contributed by atoms with Gasteiger partial charge in [0.1, 0.15) is 30.2 Å². The lowest BCUT2D eigenvalue weighted by atomic mass is 10.2. The van der Waals surface area contributed by atoms with Gasteiger partial charge in [-0.25, -0.2) is 9.78 Å². The second-order valence-corrected chi connectivity index (χ2v) is 7.89. The molecule has 0 aliphatic carbocycles. The van der Waals surface area contributed by atoms with Crippen molar-refractivity contribution in [1.29, 1.82) is 0 Å². The molecule has 0 saturated heterocycles. The number of thiazole rings is 1. The molecule has 4 aromatic rings. The van der Waals surface area contributed by atoms with Gasteiger partial charge in [-0.2, -0.15) is 0 Å². The van der Waals surface area contributed by atoms with Crippen molar-refractivity contribution in [2.24, 2.45) is 0 Å². The number of aromatic nitrogens is 2. The van der Waals surface area contributed by atoms with Crippen molar-refractivity contribution in [2.75, 3.05) is 0 Å². The van der Waals surface area contributed by atoms with Gasteiger partial charge in [0, 0.05) is 11.4 Å². The predicted octanol–water partition coefficient (Wildman–Crippen LogP) is 5.10.